The van der Waals surface area contributed by atoms with Gasteiger partial charge in [0.2, 0.25) is 10.0 Å². The van der Waals surface area contributed by atoms with Gasteiger partial charge in [0.05, 0.1) is 12.4 Å². The molecule has 1 aliphatic rings. The van der Waals surface area contributed by atoms with Gasteiger partial charge in [-0.3, -0.25) is 4.84 Å². The summed E-state index contributed by atoms with van der Waals surface area (Å²) in [7, 11) is -3.04. The van der Waals surface area contributed by atoms with Gasteiger partial charge in [-0.15, -0.1) is 5.59 Å². The first-order valence-electron chi connectivity index (χ1n) is 4.10. The van der Waals surface area contributed by atoms with Crippen LogP contribution in [-0.2, 0) is 14.9 Å². The molecule has 7 heteroatoms. The first kappa shape index (κ1) is 10.9. The van der Waals surface area contributed by atoms with Crippen LogP contribution in [0.4, 0.5) is 0 Å². The Morgan fingerprint density at radius 3 is 2.38 bits per heavy atom. The molecule has 0 amide bonds. The molecule has 0 unspecified atom stereocenters. The summed E-state index contributed by atoms with van der Waals surface area (Å²) in [5.74, 6) is 4.98. The molecule has 1 saturated heterocycles. The van der Waals surface area contributed by atoms with Gasteiger partial charge in [0.25, 0.3) is 0 Å². The van der Waals surface area contributed by atoms with E-state index in [-0.39, 0.29) is 6.10 Å². The molecule has 1 heterocycles. The van der Waals surface area contributed by atoms with Gasteiger partial charge in [0, 0.05) is 13.1 Å². The molecule has 3 N–H and O–H groups in total. The van der Waals surface area contributed by atoms with Gasteiger partial charge in [-0.05, 0) is 12.8 Å². The van der Waals surface area contributed by atoms with Crippen molar-refractivity contribution in [3.63, 3.8) is 0 Å². The van der Waals surface area contributed by atoms with Crippen molar-refractivity contribution in [1.82, 2.24) is 9.89 Å². The maximum atomic E-state index is 11.1. The third-order valence-corrected chi connectivity index (χ3v) is 3.41. The highest BCUT2D eigenvalue weighted by atomic mass is 32.2. The molecule has 1 rings (SSSR count). The normalized spacial score (nSPS) is 22.0. The molecular formula is C6H15N3O3S. The van der Waals surface area contributed by atoms with Crippen LogP contribution in [0.15, 0.2) is 0 Å². The minimum Gasteiger partial charge on any atom is -0.284 e. The Hall–Kier alpha value is -0.210. The van der Waals surface area contributed by atoms with Gasteiger partial charge in [-0.2, -0.15) is 0 Å². The number of hydrogen-bond acceptors (Lipinski definition) is 5. The number of nitrogens with one attached hydrogen (secondary N) is 1. The van der Waals surface area contributed by atoms with Crippen LogP contribution in [-0.4, -0.2) is 38.2 Å². The van der Waals surface area contributed by atoms with Crippen LogP contribution in [0, 0.1) is 0 Å². The van der Waals surface area contributed by atoms with Crippen LogP contribution < -0.4 is 11.4 Å². The van der Waals surface area contributed by atoms with Crippen LogP contribution in [0.1, 0.15) is 12.8 Å². The Morgan fingerprint density at radius 2 is 2.00 bits per heavy atom. The molecule has 0 aromatic heterocycles. The molecule has 78 valence electrons. The van der Waals surface area contributed by atoms with Crippen LogP contribution in [0.25, 0.3) is 0 Å². The van der Waals surface area contributed by atoms with E-state index in [0.717, 1.165) is 0 Å². The topological polar surface area (TPSA) is 84.7 Å². The smallest absolute Gasteiger partial charge is 0.211 e. The Kier molecular flexibility index (Phi) is 3.63. The third-order valence-electron chi connectivity index (χ3n) is 2.10. The van der Waals surface area contributed by atoms with E-state index in [2.05, 4.69) is 5.59 Å². The summed E-state index contributed by atoms with van der Waals surface area (Å²) in [5.41, 5.74) is 2.12. The highest BCUT2D eigenvalue weighted by Crippen LogP contribution is 2.14. The highest BCUT2D eigenvalue weighted by Gasteiger charge is 2.25. The predicted octanol–water partition coefficient (Wildman–Crippen LogP) is -1.19. The molecule has 0 spiro atoms. The van der Waals surface area contributed by atoms with Gasteiger partial charge in [-0.25, -0.2) is 18.6 Å². The molecule has 1 aliphatic heterocycles. The van der Waals surface area contributed by atoms with Crippen LogP contribution in [0.3, 0.4) is 0 Å². The molecule has 13 heavy (non-hydrogen) atoms. The van der Waals surface area contributed by atoms with Gasteiger partial charge in [-0.1, -0.05) is 0 Å². The summed E-state index contributed by atoms with van der Waals surface area (Å²) in [5, 5.41) is 0. The molecule has 0 saturated carbocycles. The summed E-state index contributed by atoms with van der Waals surface area (Å²) >= 11 is 0. The Balaban J connectivity index is 2.39. The molecule has 0 aromatic rings. The quantitative estimate of drug-likeness (QED) is 0.451. The van der Waals surface area contributed by atoms with E-state index in [1.165, 1.54) is 10.6 Å². The standard InChI is InChI=1S/C6H15N3O3S/c1-13(10,11)9-4-2-6(3-5-9)12-8-7/h6,8H,2-5,7H2,1H3. The Bertz CT molecular complexity index is 246. The van der Waals surface area contributed by atoms with Crippen molar-refractivity contribution in [2.75, 3.05) is 19.3 Å². The second kappa shape index (κ2) is 4.34. The lowest BCUT2D eigenvalue weighted by atomic mass is 10.1. The number of hydrogen-bond donors (Lipinski definition) is 2. The fourth-order valence-corrected chi connectivity index (χ4v) is 2.25. The van der Waals surface area contributed by atoms with E-state index < -0.39 is 10.0 Å². The second-order valence-electron chi connectivity index (χ2n) is 3.10. The van der Waals surface area contributed by atoms with E-state index >= 15 is 0 Å². The lowest BCUT2D eigenvalue weighted by Gasteiger charge is -2.29. The first-order valence-corrected chi connectivity index (χ1v) is 5.95. The third kappa shape index (κ3) is 3.20. The minimum absolute atomic E-state index is 0.0167. The first-order chi connectivity index (χ1) is 6.04. The Morgan fingerprint density at radius 1 is 1.46 bits per heavy atom. The summed E-state index contributed by atoms with van der Waals surface area (Å²) in [6.07, 6.45) is 2.59. The average molecular weight is 209 g/mol. The molecule has 0 bridgehead atoms. The van der Waals surface area contributed by atoms with Crippen molar-refractivity contribution in [2.24, 2.45) is 5.84 Å². The maximum Gasteiger partial charge on any atom is 0.211 e. The van der Waals surface area contributed by atoms with Crippen molar-refractivity contribution >= 4 is 10.0 Å². The predicted molar refractivity (Wildman–Crippen MR) is 47.8 cm³/mol. The fraction of sp³-hybridized carbons (Fsp3) is 1.00. The van der Waals surface area contributed by atoms with Crippen molar-refractivity contribution < 1.29 is 13.3 Å². The zero-order valence-electron chi connectivity index (χ0n) is 7.56. The lowest BCUT2D eigenvalue weighted by molar-refractivity contribution is -0.0462. The molecule has 0 atom stereocenters. The molecule has 0 aromatic carbocycles. The maximum absolute atomic E-state index is 11.1. The summed E-state index contributed by atoms with van der Waals surface area (Å²) in [6.45, 7) is 1.01. The number of nitrogens with zero attached hydrogens (tertiary/aromatic N) is 1. The second-order valence-corrected chi connectivity index (χ2v) is 5.08. The van der Waals surface area contributed by atoms with E-state index in [1.807, 2.05) is 0 Å². The summed E-state index contributed by atoms with van der Waals surface area (Å²) < 4.78 is 23.6. The number of sulfonamides is 1. The van der Waals surface area contributed by atoms with Gasteiger partial charge in [0.1, 0.15) is 0 Å². The van der Waals surface area contributed by atoms with Crippen LogP contribution in [0.5, 0.6) is 0 Å². The monoisotopic (exact) mass is 209 g/mol. The fourth-order valence-electron chi connectivity index (χ4n) is 1.38. The van der Waals surface area contributed by atoms with Crippen molar-refractivity contribution in [1.29, 1.82) is 0 Å². The van der Waals surface area contributed by atoms with Gasteiger partial charge >= 0.3 is 0 Å². The molecule has 1 fully saturated rings. The van der Waals surface area contributed by atoms with Crippen molar-refractivity contribution in [3.05, 3.63) is 0 Å². The van der Waals surface area contributed by atoms with E-state index in [9.17, 15) is 8.42 Å². The Labute approximate surface area is 78.0 Å². The van der Waals surface area contributed by atoms with E-state index in [0.29, 0.717) is 25.9 Å². The highest BCUT2D eigenvalue weighted by molar-refractivity contribution is 7.88. The van der Waals surface area contributed by atoms with Crippen molar-refractivity contribution in [2.45, 2.75) is 18.9 Å². The van der Waals surface area contributed by atoms with Crippen LogP contribution >= 0.6 is 0 Å². The molecule has 0 radical (unpaired) electrons. The molecular weight excluding hydrogens is 194 g/mol. The summed E-state index contributed by atoms with van der Waals surface area (Å²) in [4.78, 5) is 4.95. The SMILES string of the molecule is CS(=O)(=O)N1CCC(ONN)CC1. The molecule has 6 nitrogen and oxygen atoms in total. The molecule has 0 aliphatic carbocycles. The lowest BCUT2D eigenvalue weighted by Crippen LogP contribution is -2.42. The largest absolute Gasteiger partial charge is 0.284 e. The van der Waals surface area contributed by atoms with E-state index in [1.54, 1.807) is 0 Å². The minimum atomic E-state index is -3.04. The number of rotatable bonds is 3. The number of piperidine rings is 1. The zero-order chi connectivity index (χ0) is 9.90. The van der Waals surface area contributed by atoms with E-state index in [4.69, 9.17) is 10.7 Å². The van der Waals surface area contributed by atoms with Crippen LogP contribution in [0.2, 0.25) is 0 Å². The van der Waals surface area contributed by atoms with Gasteiger partial charge in [0.15, 0.2) is 0 Å². The summed E-state index contributed by atoms with van der Waals surface area (Å²) in [6, 6.07) is 0. The number of nitrogens with two attached hydrogens (primary N) is 1. The van der Waals surface area contributed by atoms with Gasteiger partial charge < -0.3 is 0 Å². The van der Waals surface area contributed by atoms with Crippen molar-refractivity contribution in [3.8, 4) is 0 Å². The number of hydrazine groups is 1. The zero-order valence-corrected chi connectivity index (χ0v) is 8.38. The average Bonchev–Trinajstić information content (AvgIpc) is 2.04.